The van der Waals surface area contributed by atoms with Gasteiger partial charge in [-0.2, -0.15) is 5.26 Å². The van der Waals surface area contributed by atoms with Crippen LogP contribution in [0.3, 0.4) is 0 Å². The summed E-state index contributed by atoms with van der Waals surface area (Å²) in [7, 11) is 0. The molecule has 1 N–H and O–H groups in total. The number of ether oxygens (including phenoxy) is 1. The molecule has 0 aromatic carbocycles. The highest BCUT2D eigenvalue weighted by atomic mass is 16.5. The van der Waals surface area contributed by atoms with Crippen LogP contribution in [0.2, 0.25) is 0 Å². The molecule has 18 heavy (non-hydrogen) atoms. The average Bonchev–Trinajstić information content (AvgIpc) is 2.37. The number of morpholine rings is 1. The zero-order chi connectivity index (χ0) is 12.8. The number of hydrogen-bond donors (Lipinski definition) is 1. The van der Waals surface area contributed by atoms with Crippen molar-refractivity contribution >= 4 is 0 Å². The molecule has 0 bridgehead atoms. The van der Waals surface area contributed by atoms with Gasteiger partial charge in [0.2, 0.25) is 0 Å². The van der Waals surface area contributed by atoms with E-state index in [4.69, 9.17) is 10.00 Å². The molecule has 0 aromatic heterocycles. The maximum absolute atomic E-state index is 8.79. The zero-order valence-corrected chi connectivity index (χ0v) is 11.3. The first-order chi connectivity index (χ1) is 8.78. The van der Waals surface area contributed by atoms with E-state index in [1.54, 1.807) is 0 Å². The average molecular weight is 252 g/mol. The van der Waals surface area contributed by atoms with Crippen LogP contribution in [0, 0.1) is 11.3 Å². The van der Waals surface area contributed by atoms with Crippen LogP contribution < -0.4 is 5.32 Å². The van der Waals surface area contributed by atoms with E-state index in [-0.39, 0.29) is 0 Å². The first-order valence-corrected chi connectivity index (χ1v) is 6.93. The largest absolute Gasteiger partial charge is 0.379 e. The van der Waals surface area contributed by atoms with Crippen molar-refractivity contribution in [3.63, 3.8) is 0 Å². The SMILES string of the molecule is CC1CN(CCN2CCOCC2)CC(CC#N)N1. The van der Waals surface area contributed by atoms with Crippen LogP contribution in [0.4, 0.5) is 0 Å². The molecule has 2 saturated heterocycles. The summed E-state index contributed by atoms with van der Waals surface area (Å²) in [6, 6.07) is 3.09. The molecule has 0 amide bonds. The van der Waals surface area contributed by atoms with Gasteiger partial charge >= 0.3 is 0 Å². The van der Waals surface area contributed by atoms with Gasteiger partial charge in [0.15, 0.2) is 0 Å². The van der Waals surface area contributed by atoms with Crippen molar-refractivity contribution < 1.29 is 4.74 Å². The van der Waals surface area contributed by atoms with Gasteiger partial charge in [0.25, 0.3) is 0 Å². The summed E-state index contributed by atoms with van der Waals surface area (Å²) < 4.78 is 5.36. The van der Waals surface area contributed by atoms with Crippen LogP contribution >= 0.6 is 0 Å². The number of hydrogen-bond acceptors (Lipinski definition) is 5. The molecule has 5 heteroatoms. The minimum Gasteiger partial charge on any atom is -0.379 e. The molecule has 2 unspecified atom stereocenters. The van der Waals surface area contributed by atoms with Gasteiger partial charge < -0.3 is 10.1 Å². The van der Waals surface area contributed by atoms with E-state index in [0.29, 0.717) is 18.5 Å². The fraction of sp³-hybridized carbons (Fsp3) is 0.923. The minimum atomic E-state index is 0.337. The molecule has 0 radical (unpaired) electrons. The van der Waals surface area contributed by atoms with Gasteiger partial charge in [0, 0.05) is 51.4 Å². The molecule has 0 saturated carbocycles. The van der Waals surface area contributed by atoms with Crippen molar-refractivity contribution in [2.75, 3.05) is 52.5 Å². The Morgan fingerprint density at radius 3 is 2.67 bits per heavy atom. The van der Waals surface area contributed by atoms with Crippen LogP contribution in [0.15, 0.2) is 0 Å². The second kappa shape index (κ2) is 7.05. The lowest BCUT2D eigenvalue weighted by atomic mass is 10.1. The number of nitriles is 1. The van der Waals surface area contributed by atoms with Gasteiger partial charge in [-0.05, 0) is 6.92 Å². The number of nitrogens with zero attached hydrogens (tertiary/aromatic N) is 3. The Bertz CT molecular complexity index is 285. The molecule has 2 heterocycles. The summed E-state index contributed by atoms with van der Waals surface area (Å²) in [6.07, 6.45) is 0.610. The van der Waals surface area contributed by atoms with Crippen molar-refractivity contribution in [1.29, 1.82) is 5.26 Å². The van der Waals surface area contributed by atoms with E-state index in [9.17, 15) is 0 Å². The molecular formula is C13H24N4O. The van der Waals surface area contributed by atoms with Crippen molar-refractivity contribution in [3.05, 3.63) is 0 Å². The van der Waals surface area contributed by atoms with Crippen LogP contribution in [-0.4, -0.2) is 74.4 Å². The van der Waals surface area contributed by atoms with E-state index < -0.39 is 0 Å². The Kier molecular flexibility index (Phi) is 5.39. The van der Waals surface area contributed by atoms with Crippen LogP contribution in [-0.2, 0) is 4.74 Å². The lowest BCUT2D eigenvalue weighted by Crippen LogP contribution is -2.56. The molecular weight excluding hydrogens is 228 g/mol. The quantitative estimate of drug-likeness (QED) is 0.757. The lowest BCUT2D eigenvalue weighted by molar-refractivity contribution is 0.0307. The second-order valence-electron chi connectivity index (χ2n) is 5.34. The van der Waals surface area contributed by atoms with Crippen molar-refractivity contribution in [2.45, 2.75) is 25.4 Å². The molecule has 5 nitrogen and oxygen atoms in total. The van der Waals surface area contributed by atoms with Crippen LogP contribution in [0.5, 0.6) is 0 Å². The fourth-order valence-corrected chi connectivity index (χ4v) is 2.81. The molecule has 2 rings (SSSR count). The van der Waals surface area contributed by atoms with Crippen molar-refractivity contribution in [1.82, 2.24) is 15.1 Å². The Hall–Kier alpha value is -0.670. The molecule has 102 valence electrons. The minimum absolute atomic E-state index is 0.337. The first-order valence-electron chi connectivity index (χ1n) is 6.93. The Labute approximate surface area is 110 Å². The number of nitrogens with one attached hydrogen (secondary N) is 1. The van der Waals surface area contributed by atoms with Gasteiger partial charge in [0.1, 0.15) is 0 Å². The van der Waals surface area contributed by atoms with Gasteiger partial charge in [-0.25, -0.2) is 0 Å². The third kappa shape index (κ3) is 4.21. The van der Waals surface area contributed by atoms with Crippen LogP contribution in [0.25, 0.3) is 0 Å². The fourth-order valence-electron chi connectivity index (χ4n) is 2.81. The summed E-state index contributed by atoms with van der Waals surface area (Å²) in [5.74, 6) is 0. The molecule has 2 atom stereocenters. The third-order valence-corrected chi connectivity index (χ3v) is 3.70. The van der Waals surface area contributed by atoms with Crippen molar-refractivity contribution in [3.8, 4) is 6.07 Å². The normalized spacial score (nSPS) is 31.1. The number of rotatable bonds is 4. The lowest BCUT2D eigenvalue weighted by Gasteiger charge is -2.38. The van der Waals surface area contributed by atoms with E-state index in [1.807, 2.05) is 0 Å². The third-order valence-electron chi connectivity index (χ3n) is 3.70. The molecule has 0 spiro atoms. The van der Waals surface area contributed by atoms with E-state index in [2.05, 4.69) is 28.1 Å². The Morgan fingerprint density at radius 1 is 1.22 bits per heavy atom. The maximum Gasteiger partial charge on any atom is 0.0638 e. The standard InChI is InChI=1S/C13H24N4O/c1-12-10-17(11-13(15-12)2-3-14)5-4-16-6-8-18-9-7-16/h12-13,15H,2,4-11H2,1H3. The highest BCUT2D eigenvalue weighted by Crippen LogP contribution is 2.07. The number of piperazine rings is 1. The molecule has 2 aliphatic heterocycles. The van der Waals surface area contributed by atoms with Gasteiger partial charge in [-0.1, -0.05) is 0 Å². The maximum atomic E-state index is 8.79. The highest BCUT2D eigenvalue weighted by molar-refractivity contribution is 4.89. The first kappa shape index (κ1) is 13.8. The zero-order valence-electron chi connectivity index (χ0n) is 11.3. The monoisotopic (exact) mass is 252 g/mol. The van der Waals surface area contributed by atoms with Crippen LogP contribution in [0.1, 0.15) is 13.3 Å². The highest BCUT2D eigenvalue weighted by Gasteiger charge is 2.23. The van der Waals surface area contributed by atoms with Crippen molar-refractivity contribution in [2.24, 2.45) is 0 Å². The van der Waals surface area contributed by atoms with Gasteiger partial charge in [0.05, 0.1) is 25.7 Å². The van der Waals surface area contributed by atoms with Gasteiger partial charge in [-0.3, -0.25) is 9.80 Å². The summed E-state index contributed by atoms with van der Waals surface area (Å²) in [6.45, 7) is 10.4. The molecule has 2 fully saturated rings. The molecule has 0 aliphatic carbocycles. The van der Waals surface area contributed by atoms with E-state index in [1.165, 1.54) is 0 Å². The molecule has 0 aromatic rings. The van der Waals surface area contributed by atoms with E-state index in [0.717, 1.165) is 52.5 Å². The summed E-state index contributed by atoms with van der Waals surface area (Å²) >= 11 is 0. The Balaban J connectivity index is 1.72. The smallest absolute Gasteiger partial charge is 0.0638 e. The summed E-state index contributed by atoms with van der Waals surface area (Å²) in [5, 5.41) is 12.3. The topological polar surface area (TPSA) is 51.5 Å². The predicted octanol–water partition coefficient (Wildman–Crippen LogP) is -0.105. The van der Waals surface area contributed by atoms with Gasteiger partial charge in [-0.15, -0.1) is 0 Å². The summed E-state index contributed by atoms with van der Waals surface area (Å²) in [5.41, 5.74) is 0. The predicted molar refractivity (Wildman–Crippen MR) is 70.3 cm³/mol. The van der Waals surface area contributed by atoms with E-state index >= 15 is 0 Å². The molecule has 2 aliphatic rings. The summed E-state index contributed by atoms with van der Waals surface area (Å²) in [4.78, 5) is 4.95. The second-order valence-corrected chi connectivity index (χ2v) is 5.34. The Morgan fingerprint density at radius 2 is 1.94 bits per heavy atom.